The highest BCUT2D eigenvalue weighted by Crippen LogP contribution is 2.27. The van der Waals surface area contributed by atoms with Gasteiger partial charge >= 0.3 is 0 Å². The summed E-state index contributed by atoms with van der Waals surface area (Å²) < 4.78 is 13.6. The van der Waals surface area contributed by atoms with Gasteiger partial charge in [0.15, 0.2) is 0 Å². The quantitative estimate of drug-likeness (QED) is 0.662. The Labute approximate surface area is 174 Å². The van der Waals surface area contributed by atoms with E-state index in [-0.39, 0.29) is 5.91 Å². The van der Waals surface area contributed by atoms with Gasteiger partial charge in [-0.05, 0) is 48.2 Å². The minimum Gasteiger partial charge on any atom is -0.336 e. The predicted molar refractivity (Wildman–Crippen MR) is 115 cm³/mol. The molecule has 1 atom stereocenters. The number of benzene rings is 2. The number of rotatable bonds is 5. The molecule has 0 spiro atoms. The van der Waals surface area contributed by atoms with Crippen molar-refractivity contribution in [3.63, 3.8) is 0 Å². The number of alkyl halides is 1. The van der Waals surface area contributed by atoms with Crippen molar-refractivity contribution in [1.82, 2.24) is 15.0 Å². The van der Waals surface area contributed by atoms with Crippen LogP contribution >= 0.6 is 0 Å². The second kappa shape index (κ2) is 8.44. The minimum absolute atomic E-state index is 0.131. The van der Waals surface area contributed by atoms with Crippen molar-refractivity contribution in [3.8, 4) is 0 Å². The van der Waals surface area contributed by atoms with Gasteiger partial charge in [0.2, 0.25) is 17.8 Å². The number of anilines is 4. The first-order chi connectivity index (χ1) is 14.5. The molecule has 0 saturated carbocycles. The smallest absolute Gasteiger partial charge is 0.232 e. The second-order valence-electron chi connectivity index (χ2n) is 7.31. The topological polar surface area (TPSA) is 83.0 Å². The normalized spacial score (nSPS) is 14.0. The van der Waals surface area contributed by atoms with Crippen LogP contribution in [0, 0.1) is 0 Å². The molecule has 2 N–H and O–H groups in total. The molecule has 7 nitrogen and oxygen atoms in total. The average Bonchev–Trinajstić information content (AvgIpc) is 2.73. The van der Waals surface area contributed by atoms with Crippen molar-refractivity contribution in [3.05, 3.63) is 65.5 Å². The number of aromatic nitrogens is 3. The second-order valence-corrected chi connectivity index (χ2v) is 7.31. The molecule has 1 amide bonds. The summed E-state index contributed by atoms with van der Waals surface area (Å²) in [6.45, 7) is 4.44. The summed E-state index contributed by atoms with van der Waals surface area (Å²) in [5.74, 6) is 0.875. The highest BCUT2D eigenvalue weighted by atomic mass is 19.1. The summed E-state index contributed by atoms with van der Waals surface area (Å²) in [5, 5.41) is 5.90. The van der Waals surface area contributed by atoms with Crippen molar-refractivity contribution in [1.29, 1.82) is 0 Å². The van der Waals surface area contributed by atoms with Gasteiger partial charge in [0.05, 0.1) is 0 Å². The first-order valence-corrected chi connectivity index (χ1v) is 9.82. The third kappa shape index (κ3) is 4.53. The van der Waals surface area contributed by atoms with Crippen LogP contribution in [0.5, 0.6) is 0 Å². The maximum absolute atomic E-state index is 13.6. The lowest BCUT2D eigenvalue weighted by atomic mass is 9.96. The van der Waals surface area contributed by atoms with Crippen LogP contribution in [0.1, 0.15) is 36.7 Å². The Morgan fingerprint density at radius 2 is 1.97 bits per heavy atom. The van der Waals surface area contributed by atoms with E-state index in [9.17, 15) is 9.18 Å². The highest BCUT2D eigenvalue weighted by molar-refractivity contribution is 5.89. The standard InChI is InChI=1S/C22H23FN6O/c1-14(23)16-6-7-18-12-29(9-8-17(18)10-16)22-25-13-24-21(28-22)27-20-5-3-4-19(11-20)26-15(2)30/h3-7,10-11,13-14H,8-9,12H2,1-2H3,(H,26,30)(H,24,25,27,28)/t14-/m1/s1. The molecule has 0 fully saturated rings. The van der Waals surface area contributed by atoms with Crippen LogP contribution in [0.3, 0.4) is 0 Å². The van der Waals surface area contributed by atoms with E-state index in [0.717, 1.165) is 29.8 Å². The van der Waals surface area contributed by atoms with E-state index < -0.39 is 6.17 Å². The number of hydrogen-bond donors (Lipinski definition) is 2. The van der Waals surface area contributed by atoms with Crippen LogP contribution in [0.4, 0.5) is 27.7 Å². The monoisotopic (exact) mass is 406 g/mol. The van der Waals surface area contributed by atoms with Gasteiger partial charge in [-0.25, -0.2) is 14.4 Å². The number of nitrogens with one attached hydrogen (secondary N) is 2. The van der Waals surface area contributed by atoms with Crippen molar-refractivity contribution < 1.29 is 9.18 Å². The van der Waals surface area contributed by atoms with Crippen LogP contribution in [0.2, 0.25) is 0 Å². The molecule has 2 aromatic carbocycles. The van der Waals surface area contributed by atoms with Crippen molar-refractivity contribution in [2.45, 2.75) is 33.0 Å². The van der Waals surface area contributed by atoms with Crippen molar-refractivity contribution in [2.24, 2.45) is 0 Å². The number of halogens is 1. The van der Waals surface area contributed by atoms with Gasteiger partial charge in [0.1, 0.15) is 12.5 Å². The Kier molecular flexibility index (Phi) is 5.56. The summed E-state index contributed by atoms with van der Waals surface area (Å²) in [5.41, 5.74) is 4.50. The van der Waals surface area contributed by atoms with Crippen LogP contribution in [0.25, 0.3) is 0 Å². The number of fused-ring (bicyclic) bond motifs is 1. The average molecular weight is 406 g/mol. The van der Waals surface area contributed by atoms with Crippen LogP contribution < -0.4 is 15.5 Å². The van der Waals surface area contributed by atoms with Crippen LogP contribution in [-0.2, 0) is 17.8 Å². The molecule has 0 bridgehead atoms. The maximum Gasteiger partial charge on any atom is 0.232 e. The number of carbonyl (C=O) groups excluding carboxylic acids is 1. The molecule has 4 rings (SSSR count). The van der Waals surface area contributed by atoms with Crippen molar-refractivity contribution in [2.75, 3.05) is 22.1 Å². The molecular weight excluding hydrogens is 383 g/mol. The summed E-state index contributed by atoms with van der Waals surface area (Å²) in [7, 11) is 0. The maximum atomic E-state index is 13.6. The molecule has 1 aliphatic heterocycles. The van der Waals surface area contributed by atoms with Gasteiger partial charge in [-0.1, -0.05) is 24.3 Å². The Morgan fingerprint density at radius 1 is 1.13 bits per heavy atom. The van der Waals surface area contributed by atoms with Crippen LogP contribution in [0.15, 0.2) is 48.8 Å². The lowest BCUT2D eigenvalue weighted by Crippen LogP contribution is -2.32. The SMILES string of the molecule is CC(=O)Nc1cccc(Nc2ncnc(N3CCc4cc([C@@H](C)F)ccc4C3)n2)c1. The zero-order chi connectivity index (χ0) is 21.1. The van der Waals surface area contributed by atoms with E-state index in [4.69, 9.17) is 0 Å². The molecule has 30 heavy (non-hydrogen) atoms. The van der Waals surface area contributed by atoms with E-state index >= 15 is 0 Å². The summed E-state index contributed by atoms with van der Waals surface area (Å²) in [4.78, 5) is 26.4. The van der Waals surface area contributed by atoms with E-state index in [1.165, 1.54) is 18.8 Å². The van der Waals surface area contributed by atoms with Gasteiger partial charge in [-0.2, -0.15) is 4.98 Å². The Bertz CT molecular complexity index is 1070. The van der Waals surface area contributed by atoms with E-state index in [2.05, 4.69) is 30.5 Å². The summed E-state index contributed by atoms with van der Waals surface area (Å²) in [6.07, 6.45) is 1.32. The fourth-order valence-corrected chi connectivity index (χ4v) is 3.50. The van der Waals surface area contributed by atoms with E-state index in [0.29, 0.717) is 24.1 Å². The molecule has 8 heteroatoms. The molecule has 1 aromatic heterocycles. The minimum atomic E-state index is -0.963. The Morgan fingerprint density at radius 3 is 2.77 bits per heavy atom. The number of carbonyl (C=O) groups is 1. The predicted octanol–water partition coefficient (Wildman–Crippen LogP) is 4.17. The summed E-state index contributed by atoms with van der Waals surface area (Å²) >= 11 is 0. The fourth-order valence-electron chi connectivity index (χ4n) is 3.50. The van der Waals surface area contributed by atoms with Gasteiger partial charge in [0, 0.05) is 31.4 Å². The number of hydrogen-bond acceptors (Lipinski definition) is 6. The van der Waals surface area contributed by atoms with Crippen LogP contribution in [-0.4, -0.2) is 27.4 Å². The lowest BCUT2D eigenvalue weighted by molar-refractivity contribution is -0.114. The summed E-state index contributed by atoms with van der Waals surface area (Å²) in [6, 6.07) is 13.1. The largest absolute Gasteiger partial charge is 0.336 e. The molecular formula is C22H23FN6O. The molecule has 1 aliphatic rings. The van der Waals surface area contributed by atoms with Crippen molar-refractivity contribution >= 4 is 29.2 Å². The fraction of sp³-hybridized carbons (Fsp3) is 0.273. The Balaban J connectivity index is 1.49. The zero-order valence-electron chi connectivity index (χ0n) is 16.9. The van der Waals surface area contributed by atoms with E-state index in [1.54, 1.807) is 6.92 Å². The molecule has 0 saturated heterocycles. The zero-order valence-corrected chi connectivity index (χ0v) is 16.9. The molecule has 0 aliphatic carbocycles. The van der Waals surface area contributed by atoms with Gasteiger partial charge in [-0.15, -0.1) is 0 Å². The third-order valence-corrected chi connectivity index (χ3v) is 4.98. The Hall–Kier alpha value is -3.55. The third-order valence-electron chi connectivity index (χ3n) is 4.98. The molecule has 2 heterocycles. The van der Waals surface area contributed by atoms with Gasteiger partial charge in [-0.3, -0.25) is 4.79 Å². The first-order valence-electron chi connectivity index (χ1n) is 9.82. The molecule has 0 unspecified atom stereocenters. The highest BCUT2D eigenvalue weighted by Gasteiger charge is 2.20. The van der Waals surface area contributed by atoms with Gasteiger partial charge < -0.3 is 15.5 Å². The number of nitrogens with zero attached hydrogens (tertiary/aromatic N) is 4. The first kappa shape index (κ1) is 19.8. The molecule has 0 radical (unpaired) electrons. The van der Waals surface area contributed by atoms with E-state index in [1.807, 2.05) is 42.5 Å². The lowest BCUT2D eigenvalue weighted by Gasteiger charge is -2.29. The van der Waals surface area contributed by atoms with Gasteiger partial charge in [0.25, 0.3) is 0 Å². The molecule has 154 valence electrons. The number of amides is 1. The molecule has 3 aromatic rings.